The second kappa shape index (κ2) is 6.67. The Balaban J connectivity index is 2.19. The van der Waals surface area contributed by atoms with E-state index in [2.05, 4.69) is 22.1 Å². The quantitative estimate of drug-likeness (QED) is 0.786. The maximum absolute atomic E-state index is 10.6. The summed E-state index contributed by atoms with van der Waals surface area (Å²) in [4.78, 5) is 14.9. The molecular formula is C11H14N4O2S2. The lowest BCUT2D eigenvalue weighted by atomic mass is 10.3. The highest BCUT2D eigenvalue weighted by Gasteiger charge is 2.14. The van der Waals surface area contributed by atoms with Crippen molar-refractivity contribution in [2.75, 3.05) is 5.75 Å². The Labute approximate surface area is 118 Å². The number of hydrogen-bond acceptors (Lipinski definition) is 6. The van der Waals surface area contributed by atoms with Crippen LogP contribution in [0.25, 0.3) is 0 Å². The van der Waals surface area contributed by atoms with E-state index < -0.39 is 5.97 Å². The summed E-state index contributed by atoms with van der Waals surface area (Å²) < 4.78 is 1.95. The molecule has 0 aliphatic heterocycles. The number of thioether (sulfide) groups is 1. The summed E-state index contributed by atoms with van der Waals surface area (Å²) in [5.74, 6) is 0.00931. The Kier molecular flexibility index (Phi) is 4.92. The van der Waals surface area contributed by atoms with Crippen LogP contribution in [0.2, 0.25) is 0 Å². The van der Waals surface area contributed by atoms with E-state index in [9.17, 15) is 4.79 Å². The van der Waals surface area contributed by atoms with Crippen molar-refractivity contribution in [2.24, 2.45) is 0 Å². The second-order valence-corrected chi connectivity index (χ2v) is 5.56. The minimum atomic E-state index is -0.856. The Hall–Kier alpha value is -1.41. The molecule has 19 heavy (non-hydrogen) atoms. The number of hydrogen-bond donors (Lipinski definition) is 1. The minimum absolute atomic E-state index is 0.0126. The predicted octanol–water partition coefficient (Wildman–Crippen LogP) is 1.91. The van der Waals surface area contributed by atoms with Crippen LogP contribution in [0.1, 0.15) is 24.9 Å². The topological polar surface area (TPSA) is 80.9 Å². The summed E-state index contributed by atoms with van der Waals surface area (Å²) in [6.45, 7) is 2.67. The van der Waals surface area contributed by atoms with Crippen molar-refractivity contribution in [1.82, 2.24) is 19.7 Å². The molecule has 0 saturated carbocycles. The molecule has 0 aromatic carbocycles. The number of thiazole rings is 1. The molecular weight excluding hydrogens is 284 g/mol. The van der Waals surface area contributed by atoms with Gasteiger partial charge in [0.05, 0.1) is 23.5 Å². The standard InChI is InChI=1S/C11H14N4O2S2/c1-2-3-9-13-14-11(19-6-10(16)17)15(9)4-8-5-18-7-12-8/h5,7H,2-4,6H2,1H3,(H,16,17). The van der Waals surface area contributed by atoms with Crippen LogP contribution in [-0.4, -0.2) is 36.6 Å². The second-order valence-electron chi connectivity index (χ2n) is 3.90. The number of aryl methyl sites for hydroxylation is 1. The molecule has 0 fully saturated rings. The Bertz CT molecular complexity index is 539. The molecule has 2 heterocycles. The summed E-state index contributed by atoms with van der Waals surface area (Å²) in [6, 6.07) is 0. The van der Waals surface area contributed by atoms with Crippen molar-refractivity contribution in [2.45, 2.75) is 31.5 Å². The van der Waals surface area contributed by atoms with Gasteiger partial charge in [0.25, 0.3) is 0 Å². The van der Waals surface area contributed by atoms with Gasteiger partial charge in [-0.15, -0.1) is 21.5 Å². The number of nitrogens with zero attached hydrogens (tertiary/aromatic N) is 4. The molecule has 0 aliphatic rings. The first-order valence-corrected chi connectivity index (χ1v) is 7.77. The van der Waals surface area contributed by atoms with Crippen molar-refractivity contribution in [1.29, 1.82) is 0 Å². The SMILES string of the molecule is CCCc1nnc(SCC(=O)O)n1Cc1cscn1. The van der Waals surface area contributed by atoms with Crippen molar-refractivity contribution < 1.29 is 9.90 Å². The largest absolute Gasteiger partial charge is 0.481 e. The normalized spacial score (nSPS) is 10.8. The van der Waals surface area contributed by atoms with Crippen LogP contribution < -0.4 is 0 Å². The Morgan fingerprint density at radius 1 is 1.53 bits per heavy atom. The number of carbonyl (C=O) groups is 1. The zero-order chi connectivity index (χ0) is 13.7. The third-order valence-electron chi connectivity index (χ3n) is 2.40. The van der Waals surface area contributed by atoms with Crippen LogP contribution in [0.15, 0.2) is 16.0 Å². The molecule has 1 N–H and O–H groups in total. The van der Waals surface area contributed by atoms with E-state index in [1.807, 2.05) is 9.95 Å². The Morgan fingerprint density at radius 2 is 2.37 bits per heavy atom. The molecule has 6 nitrogen and oxygen atoms in total. The van der Waals surface area contributed by atoms with Gasteiger partial charge in [0, 0.05) is 11.8 Å². The maximum Gasteiger partial charge on any atom is 0.313 e. The zero-order valence-corrected chi connectivity index (χ0v) is 12.1. The molecule has 0 amide bonds. The smallest absolute Gasteiger partial charge is 0.313 e. The maximum atomic E-state index is 10.6. The van der Waals surface area contributed by atoms with Gasteiger partial charge < -0.3 is 5.11 Å². The van der Waals surface area contributed by atoms with Crippen LogP contribution >= 0.6 is 23.1 Å². The summed E-state index contributed by atoms with van der Waals surface area (Å²) in [5.41, 5.74) is 2.72. The number of carboxylic acids is 1. The van der Waals surface area contributed by atoms with Crippen molar-refractivity contribution in [3.63, 3.8) is 0 Å². The molecule has 0 spiro atoms. The molecule has 8 heteroatoms. The van der Waals surface area contributed by atoms with Crippen molar-refractivity contribution in [3.8, 4) is 0 Å². The molecule has 0 radical (unpaired) electrons. The van der Waals surface area contributed by atoms with E-state index in [-0.39, 0.29) is 5.75 Å². The lowest BCUT2D eigenvalue weighted by Crippen LogP contribution is -2.08. The van der Waals surface area contributed by atoms with Gasteiger partial charge in [-0.05, 0) is 6.42 Å². The lowest BCUT2D eigenvalue weighted by molar-refractivity contribution is -0.133. The highest BCUT2D eigenvalue weighted by Crippen LogP contribution is 2.19. The highest BCUT2D eigenvalue weighted by molar-refractivity contribution is 7.99. The first-order valence-electron chi connectivity index (χ1n) is 5.84. The summed E-state index contributed by atoms with van der Waals surface area (Å²) in [5, 5.41) is 19.6. The van der Waals surface area contributed by atoms with Gasteiger partial charge in [0.1, 0.15) is 5.82 Å². The van der Waals surface area contributed by atoms with Crippen LogP contribution in [0.3, 0.4) is 0 Å². The molecule has 0 atom stereocenters. The Morgan fingerprint density at radius 3 is 3.00 bits per heavy atom. The minimum Gasteiger partial charge on any atom is -0.481 e. The summed E-state index contributed by atoms with van der Waals surface area (Å²) in [6.07, 6.45) is 1.80. The number of aromatic nitrogens is 4. The van der Waals surface area contributed by atoms with Gasteiger partial charge >= 0.3 is 5.97 Å². The van der Waals surface area contributed by atoms with Gasteiger partial charge in [0.15, 0.2) is 5.16 Å². The molecule has 0 saturated heterocycles. The summed E-state index contributed by atoms with van der Waals surface area (Å²) in [7, 11) is 0. The molecule has 2 aromatic heterocycles. The van der Waals surface area contributed by atoms with E-state index in [0.29, 0.717) is 11.7 Å². The number of aliphatic carboxylic acids is 1. The van der Waals surface area contributed by atoms with Crippen LogP contribution in [-0.2, 0) is 17.8 Å². The van der Waals surface area contributed by atoms with Gasteiger partial charge in [0.2, 0.25) is 0 Å². The molecule has 0 unspecified atom stereocenters. The van der Waals surface area contributed by atoms with E-state index >= 15 is 0 Å². The van der Waals surface area contributed by atoms with Gasteiger partial charge in [-0.1, -0.05) is 18.7 Å². The van der Waals surface area contributed by atoms with Crippen LogP contribution in [0.5, 0.6) is 0 Å². The van der Waals surface area contributed by atoms with E-state index in [1.165, 1.54) is 23.1 Å². The monoisotopic (exact) mass is 298 g/mol. The summed E-state index contributed by atoms with van der Waals surface area (Å²) >= 11 is 2.73. The van der Waals surface area contributed by atoms with Gasteiger partial charge in [-0.3, -0.25) is 9.36 Å². The van der Waals surface area contributed by atoms with E-state index in [4.69, 9.17) is 5.11 Å². The molecule has 2 aromatic rings. The third kappa shape index (κ3) is 3.77. The predicted molar refractivity (Wildman–Crippen MR) is 73.6 cm³/mol. The third-order valence-corrected chi connectivity index (χ3v) is 3.98. The van der Waals surface area contributed by atoms with Crippen molar-refractivity contribution >= 4 is 29.1 Å². The lowest BCUT2D eigenvalue weighted by Gasteiger charge is -2.07. The van der Waals surface area contributed by atoms with Crippen LogP contribution in [0.4, 0.5) is 0 Å². The highest BCUT2D eigenvalue weighted by atomic mass is 32.2. The molecule has 102 valence electrons. The number of rotatable bonds is 7. The fourth-order valence-corrected chi connectivity index (χ4v) is 2.82. The fraction of sp³-hybridized carbons (Fsp3) is 0.455. The zero-order valence-electron chi connectivity index (χ0n) is 10.4. The first kappa shape index (κ1) is 14.0. The van der Waals surface area contributed by atoms with Gasteiger partial charge in [-0.25, -0.2) is 4.98 Å². The molecule has 0 bridgehead atoms. The van der Waals surface area contributed by atoms with E-state index in [0.717, 1.165) is 24.4 Å². The first-order chi connectivity index (χ1) is 9.20. The molecule has 2 rings (SSSR count). The average Bonchev–Trinajstić information content (AvgIpc) is 2.99. The average molecular weight is 298 g/mol. The van der Waals surface area contributed by atoms with Crippen molar-refractivity contribution in [3.05, 3.63) is 22.4 Å². The van der Waals surface area contributed by atoms with Crippen LogP contribution in [0, 0.1) is 0 Å². The fourth-order valence-electron chi connectivity index (χ4n) is 1.60. The number of carboxylic acid groups (broad SMARTS) is 1. The van der Waals surface area contributed by atoms with Gasteiger partial charge in [-0.2, -0.15) is 0 Å². The van der Waals surface area contributed by atoms with E-state index in [1.54, 1.807) is 5.51 Å². The molecule has 0 aliphatic carbocycles.